The van der Waals surface area contributed by atoms with Gasteiger partial charge in [0.05, 0.1) is 11.9 Å². The predicted octanol–water partition coefficient (Wildman–Crippen LogP) is 3.69. The van der Waals surface area contributed by atoms with Gasteiger partial charge in [0.25, 0.3) is 0 Å². The third-order valence-electron chi connectivity index (χ3n) is 3.35. The van der Waals surface area contributed by atoms with Crippen LogP contribution in [0.15, 0.2) is 59.0 Å². The lowest BCUT2D eigenvalue weighted by Gasteiger charge is -2.00. The molecular weight excluding hydrogens is 391 g/mol. The van der Waals surface area contributed by atoms with E-state index in [0.29, 0.717) is 10.7 Å². The van der Waals surface area contributed by atoms with E-state index >= 15 is 0 Å². The third-order valence-corrected chi connectivity index (χ3v) is 4.36. The summed E-state index contributed by atoms with van der Waals surface area (Å²) in [6.45, 7) is 0. The highest BCUT2D eigenvalue weighted by molar-refractivity contribution is 7.14. The number of hydrogen-bond donors (Lipinski definition) is 2. The second-order valence-corrected chi connectivity index (χ2v) is 6.51. The normalized spacial score (nSPS) is 10.7. The average molecular weight is 403 g/mol. The molecule has 136 valence electrons. The van der Waals surface area contributed by atoms with E-state index in [1.165, 1.54) is 29.5 Å². The summed E-state index contributed by atoms with van der Waals surface area (Å²) in [4.78, 5) is 27.9. The second kappa shape index (κ2) is 8.52. The van der Waals surface area contributed by atoms with Gasteiger partial charge in [0, 0.05) is 21.5 Å². The maximum atomic E-state index is 13.4. The van der Waals surface area contributed by atoms with Gasteiger partial charge in [0.15, 0.2) is 5.13 Å². The van der Waals surface area contributed by atoms with Gasteiger partial charge in [0.1, 0.15) is 5.82 Å². The molecule has 27 heavy (non-hydrogen) atoms. The number of carbonyl (C=O) groups excluding carboxylic acids is 2. The Morgan fingerprint density at radius 1 is 1.11 bits per heavy atom. The number of benzene rings is 2. The van der Waals surface area contributed by atoms with Crippen molar-refractivity contribution in [3.05, 3.63) is 70.3 Å². The lowest BCUT2D eigenvalue weighted by atomic mass is 10.2. The number of nitrogens with zero attached hydrogens (tertiary/aromatic N) is 2. The first kappa shape index (κ1) is 18.7. The van der Waals surface area contributed by atoms with Crippen LogP contribution >= 0.6 is 22.9 Å². The van der Waals surface area contributed by atoms with Crippen LogP contribution < -0.4 is 10.7 Å². The standard InChI is InChI=1S/C18H12ClFN4O2S/c19-13-7-5-11(6-8-13)15-10-27-18(22-15)23-16(25)17(26)24-21-9-12-3-1-2-4-14(12)20/h1-10H,(H,24,26)(H,22,23,25). The number of aromatic nitrogens is 1. The van der Waals surface area contributed by atoms with Gasteiger partial charge in [-0.2, -0.15) is 5.10 Å². The Morgan fingerprint density at radius 3 is 2.59 bits per heavy atom. The zero-order valence-electron chi connectivity index (χ0n) is 13.6. The Morgan fingerprint density at radius 2 is 1.85 bits per heavy atom. The van der Waals surface area contributed by atoms with Gasteiger partial charge in [-0.05, 0) is 18.2 Å². The van der Waals surface area contributed by atoms with Crippen molar-refractivity contribution in [2.24, 2.45) is 5.10 Å². The molecule has 0 unspecified atom stereocenters. The molecule has 0 radical (unpaired) electrons. The van der Waals surface area contributed by atoms with E-state index < -0.39 is 17.6 Å². The molecule has 0 spiro atoms. The van der Waals surface area contributed by atoms with Gasteiger partial charge >= 0.3 is 11.8 Å². The van der Waals surface area contributed by atoms with Crippen molar-refractivity contribution in [1.82, 2.24) is 10.4 Å². The fraction of sp³-hybridized carbons (Fsp3) is 0. The summed E-state index contributed by atoms with van der Waals surface area (Å²) < 4.78 is 13.4. The summed E-state index contributed by atoms with van der Waals surface area (Å²) in [5.41, 5.74) is 3.70. The van der Waals surface area contributed by atoms with Crippen LogP contribution in [0, 0.1) is 5.82 Å². The molecule has 0 atom stereocenters. The minimum atomic E-state index is -0.995. The number of hydrogen-bond acceptors (Lipinski definition) is 5. The number of anilines is 1. The number of thiazole rings is 1. The van der Waals surface area contributed by atoms with Gasteiger partial charge in [0.2, 0.25) is 0 Å². The van der Waals surface area contributed by atoms with Crippen molar-refractivity contribution in [3.63, 3.8) is 0 Å². The van der Waals surface area contributed by atoms with Crippen LogP contribution in [0.1, 0.15) is 5.56 Å². The second-order valence-electron chi connectivity index (χ2n) is 5.22. The van der Waals surface area contributed by atoms with Crippen LogP contribution in [0.4, 0.5) is 9.52 Å². The van der Waals surface area contributed by atoms with Gasteiger partial charge in [-0.3, -0.25) is 14.9 Å². The van der Waals surface area contributed by atoms with Crippen LogP contribution in [-0.4, -0.2) is 23.0 Å². The van der Waals surface area contributed by atoms with Crippen molar-refractivity contribution in [3.8, 4) is 11.3 Å². The zero-order chi connectivity index (χ0) is 19.2. The summed E-state index contributed by atoms with van der Waals surface area (Å²) in [5.74, 6) is -2.42. The Kier molecular flexibility index (Phi) is 5.90. The van der Waals surface area contributed by atoms with E-state index in [4.69, 9.17) is 11.6 Å². The molecule has 1 aromatic heterocycles. The number of amides is 2. The first-order chi connectivity index (χ1) is 13.0. The molecule has 1 heterocycles. The molecule has 0 saturated carbocycles. The van der Waals surface area contributed by atoms with Crippen LogP contribution in [-0.2, 0) is 9.59 Å². The molecule has 2 aromatic carbocycles. The minimum absolute atomic E-state index is 0.186. The summed E-state index contributed by atoms with van der Waals surface area (Å²) in [6.07, 6.45) is 1.11. The van der Waals surface area contributed by atoms with E-state index in [0.717, 1.165) is 11.8 Å². The number of halogens is 2. The van der Waals surface area contributed by atoms with Crippen molar-refractivity contribution in [2.45, 2.75) is 0 Å². The van der Waals surface area contributed by atoms with Crippen LogP contribution in [0.2, 0.25) is 5.02 Å². The summed E-state index contributed by atoms with van der Waals surface area (Å²) in [7, 11) is 0. The Balaban J connectivity index is 1.58. The molecule has 0 fully saturated rings. The Labute approximate surface area is 162 Å². The van der Waals surface area contributed by atoms with Crippen molar-refractivity contribution in [2.75, 3.05) is 5.32 Å². The van der Waals surface area contributed by atoms with Gasteiger partial charge in [-0.1, -0.05) is 41.9 Å². The lowest BCUT2D eigenvalue weighted by Crippen LogP contribution is -2.32. The van der Waals surface area contributed by atoms with Gasteiger partial charge < -0.3 is 0 Å². The van der Waals surface area contributed by atoms with Gasteiger partial charge in [-0.15, -0.1) is 11.3 Å². The highest BCUT2D eigenvalue weighted by Crippen LogP contribution is 2.25. The number of carbonyl (C=O) groups is 2. The van der Waals surface area contributed by atoms with E-state index in [2.05, 4.69) is 15.4 Å². The van der Waals surface area contributed by atoms with E-state index in [-0.39, 0.29) is 10.7 Å². The lowest BCUT2D eigenvalue weighted by molar-refractivity contribution is -0.136. The van der Waals surface area contributed by atoms with Crippen molar-refractivity contribution >= 4 is 46.1 Å². The number of hydrazone groups is 1. The maximum Gasteiger partial charge on any atom is 0.329 e. The largest absolute Gasteiger partial charge is 0.329 e. The molecule has 0 saturated heterocycles. The fourth-order valence-electron chi connectivity index (χ4n) is 2.03. The highest BCUT2D eigenvalue weighted by Gasteiger charge is 2.15. The third kappa shape index (κ3) is 4.96. The molecule has 2 amide bonds. The van der Waals surface area contributed by atoms with E-state index in [1.54, 1.807) is 35.7 Å². The highest BCUT2D eigenvalue weighted by atomic mass is 35.5. The van der Waals surface area contributed by atoms with Crippen molar-refractivity contribution < 1.29 is 14.0 Å². The van der Waals surface area contributed by atoms with Gasteiger partial charge in [-0.25, -0.2) is 14.8 Å². The molecular formula is C18H12ClFN4O2S. The number of nitrogens with one attached hydrogen (secondary N) is 2. The van der Waals surface area contributed by atoms with Crippen LogP contribution in [0.3, 0.4) is 0 Å². The van der Waals surface area contributed by atoms with E-state index in [9.17, 15) is 14.0 Å². The monoisotopic (exact) mass is 402 g/mol. The number of rotatable bonds is 4. The summed E-state index contributed by atoms with van der Waals surface area (Å²) >= 11 is 7.02. The zero-order valence-corrected chi connectivity index (χ0v) is 15.2. The summed E-state index contributed by atoms with van der Waals surface area (Å²) in [6, 6.07) is 13.0. The van der Waals surface area contributed by atoms with Crippen molar-refractivity contribution in [1.29, 1.82) is 0 Å². The average Bonchev–Trinajstić information content (AvgIpc) is 3.12. The fourth-order valence-corrected chi connectivity index (χ4v) is 2.87. The molecule has 3 rings (SSSR count). The molecule has 0 bridgehead atoms. The molecule has 0 aliphatic rings. The molecule has 6 nitrogen and oxygen atoms in total. The first-order valence-corrected chi connectivity index (χ1v) is 8.89. The quantitative estimate of drug-likeness (QED) is 0.396. The smallest absolute Gasteiger partial charge is 0.294 e. The molecule has 3 aromatic rings. The molecule has 0 aliphatic carbocycles. The SMILES string of the molecule is O=C(NN=Cc1ccccc1F)C(=O)Nc1nc(-c2ccc(Cl)cc2)cs1. The van der Waals surface area contributed by atoms with Crippen LogP contribution in [0.25, 0.3) is 11.3 Å². The summed E-state index contributed by atoms with van der Waals surface area (Å²) in [5, 5.41) is 8.57. The minimum Gasteiger partial charge on any atom is -0.294 e. The Hall–Kier alpha value is -3.10. The molecule has 9 heteroatoms. The predicted molar refractivity (Wildman–Crippen MR) is 103 cm³/mol. The maximum absolute atomic E-state index is 13.4. The van der Waals surface area contributed by atoms with E-state index in [1.807, 2.05) is 5.43 Å². The molecule has 2 N–H and O–H groups in total. The molecule has 0 aliphatic heterocycles. The van der Waals surface area contributed by atoms with Crippen LogP contribution in [0.5, 0.6) is 0 Å². The topological polar surface area (TPSA) is 83.5 Å². The Bertz CT molecular complexity index is 1000. The first-order valence-electron chi connectivity index (χ1n) is 7.63.